The van der Waals surface area contributed by atoms with Gasteiger partial charge in [0.2, 0.25) is 0 Å². The van der Waals surface area contributed by atoms with Crippen molar-refractivity contribution < 1.29 is 9.84 Å². The molecule has 0 radical (unpaired) electrons. The first kappa shape index (κ1) is 17.2. The molecule has 2 saturated heterocycles. The standard InChI is InChI=1S/C18H27ClN2O2/c19-17-3-1-16(2-4-17)18(22)14-20-7-5-15(6-8-20)13-21-9-11-23-12-10-21/h1-4,15,18,22H,5-14H2. The normalized spacial score (nSPS) is 23.0. The van der Waals surface area contributed by atoms with Gasteiger partial charge in [-0.25, -0.2) is 0 Å². The number of benzene rings is 1. The number of piperidine rings is 1. The maximum Gasteiger partial charge on any atom is 0.0916 e. The second kappa shape index (κ2) is 8.45. The summed E-state index contributed by atoms with van der Waals surface area (Å²) in [7, 11) is 0. The number of hydrogen-bond donors (Lipinski definition) is 1. The Morgan fingerprint density at radius 1 is 1.04 bits per heavy atom. The van der Waals surface area contributed by atoms with Gasteiger partial charge >= 0.3 is 0 Å². The second-order valence-electron chi connectivity index (χ2n) is 6.72. The Kier molecular flexibility index (Phi) is 6.31. The van der Waals surface area contributed by atoms with E-state index in [1.54, 1.807) is 0 Å². The zero-order valence-corrected chi connectivity index (χ0v) is 14.4. The Hall–Kier alpha value is -0.650. The fourth-order valence-corrected chi connectivity index (χ4v) is 3.66. The van der Waals surface area contributed by atoms with Crippen LogP contribution in [0.1, 0.15) is 24.5 Å². The largest absolute Gasteiger partial charge is 0.387 e. The maximum atomic E-state index is 10.4. The third-order valence-corrected chi connectivity index (χ3v) is 5.27. The fraction of sp³-hybridized carbons (Fsp3) is 0.667. The number of aliphatic hydroxyl groups is 1. The molecule has 0 aromatic heterocycles. The lowest BCUT2D eigenvalue weighted by atomic mass is 9.95. The quantitative estimate of drug-likeness (QED) is 0.894. The summed E-state index contributed by atoms with van der Waals surface area (Å²) >= 11 is 5.90. The van der Waals surface area contributed by atoms with E-state index in [2.05, 4.69) is 9.80 Å². The Balaban J connectivity index is 1.40. The SMILES string of the molecule is OC(CN1CCC(CN2CCOCC2)CC1)c1ccc(Cl)cc1. The van der Waals surface area contributed by atoms with Crippen LogP contribution >= 0.6 is 11.6 Å². The molecular weight excluding hydrogens is 312 g/mol. The topological polar surface area (TPSA) is 35.9 Å². The fourth-order valence-electron chi connectivity index (χ4n) is 3.54. The second-order valence-corrected chi connectivity index (χ2v) is 7.16. The van der Waals surface area contributed by atoms with Crippen molar-refractivity contribution in [2.75, 3.05) is 52.5 Å². The van der Waals surface area contributed by atoms with E-state index >= 15 is 0 Å². The van der Waals surface area contributed by atoms with Crippen LogP contribution in [0.15, 0.2) is 24.3 Å². The summed E-state index contributed by atoms with van der Waals surface area (Å²) in [6.45, 7) is 8.01. The van der Waals surface area contributed by atoms with Crippen molar-refractivity contribution in [3.63, 3.8) is 0 Å². The molecule has 2 fully saturated rings. The molecule has 1 N–H and O–H groups in total. The molecule has 128 valence electrons. The van der Waals surface area contributed by atoms with Crippen LogP contribution in [-0.4, -0.2) is 67.4 Å². The Labute approximate surface area is 144 Å². The number of morpholine rings is 1. The predicted octanol–water partition coefficient (Wildman–Crippen LogP) is 2.42. The summed E-state index contributed by atoms with van der Waals surface area (Å²) in [5.74, 6) is 0.789. The van der Waals surface area contributed by atoms with E-state index in [0.29, 0.717) is 11.6 Å². The van der Waals surface area contributed by atoms with Gasteiger partial charge in [0.15, 0.2) is 0 Å². The van der Waals surface area contributed by atoms with Gasteiger partial charge in [-0.05, 0) is 49.5 Å². The van der Waals surface area contributed by atoms with E-state index in [-0.39, 0.29) is 0 Å². The van der Waals surface area contributed by atoms with Gasteiger partial charge < -0.3 is 14.7 Å². The third kappa shape index (κ3) is 5.16. The molecule has 1 aromatic rings. The molecule has 0 aliphatic carbocycles. The van der Waals surface area contributed by atoms with E-state index in [1.807, 2.05) is 24.3 Å². The molecule has 2 aliphatic heterocycles. The van der Waals surface area contributed by atoms with Crippen LogP contribution in [0.4, 0.5) is 0 Å². The van der Waals surface area contributed by atoms with E-state index in [1.165, 1.54) is 19.4 Å². The molecule has 23 heavy (non-hydrogen) atoms. The number of β-amino-alcohol motifs (C(OH)–C–C–N with tert-alkyl or cyclic N) is 1. The Morgan fingerprint density at radius 3 is 2.35 bits per heavy atom. The lowest BCUT2D eigenvalue weighted by Crippen LogP contribution is -2.43. The smallest absolute Gasteiger partial charge is 0.0916 e. The molecule has 5 heteroatoms. The van der Waals surface area contributed by atoms with Gasteiger partial charge in [-0.1, -0.05) is 23.7 Å². The molecular formula is C18H27ClN2O2. The first-order chi connectivity index (χ1) is 11.2. The highest BCUT2D eigenvalue weighted by molar-refractivity contribution is 6.30. The first-order valence-electron chi connectivity index (χ1n) is 8.66. The van der Waals surface area contributed by atoms with E-state index in [0.717, 1.165) is 50.9 Å². The van der Waals surface area contributed by atoms with Crippen molar-refractivity contribution in [2.45, 2.75) is 18.9 Å². The van der Waals surface area contributed by atoms with Crippen LogP contribution in [0.5, 0.6) is 0 Å². The van der Waals surface area contributed by atoms with E-state index in [9.17, 15) is 5.11 Å². The van der Waals surface area contributed by atoms with E-state index in [4.69, 9.17) is 16.3 Å². The Bertz CT molecular complexity index is 468. The number of aliphatic hydroxyl groups excluding tert-OH is 1. The van der Waals surface area contributed by atoms with Gasteiger partial charge in [0.25, 0.3) is 0 Å². The number of ether oxygens (including phenoxy) is 1. The molecule has 1 unspecified atom stereocenters. The molecule has 2 aliphatic rings. The van der Waals surface area contributed by atoms with Crippen LogP contribution < -0.4 is 0 Å². The van der Waals surface area contributed by atoms with Crippen LogP contribution in [0, 0.1) is 5.92 Å². The van der Waals surface area contributed by atoms with Crippen molar-refractivity contribution in [1.29, 1.82) is 0 Å². The minimum absolute atomic E-state index is 0.428. The molecule has 1 atom stereocenters. The van der Waals surface area contributed by atoms with Gasteiger partial charge in [0.1, 0.15) is 0 Å². The molecule has 1 aromatic carbocycles. The Morgan fingerprint density at radius 2 is 1.70 bits per heavy atom. The molecule has 0 saturated carbocycles. The maximum absolute atomic E-state index is 10.4. The van der Waals surface area contributed by atoms with Gasteiger partial charge in [-0.3, -0.25) is 4.90 Å². The molecule has 4 nitrogen and oxygen atoms in total. The predicted molar refractivity (Wildman–Crippen MR) is 92.8 cm³/mol. The van der Waals surface area contributed by atoms with Crippen LogP contribution in [0.25, 0.3) is 0 Å². The van der Waals surface area contributed by atoms with Gasteiger partial charge in [-0.2, -0.15) is 0 Å². The highest BCUT2D eigenvalue weighted by atomic mass is 35.5. The summed E-state index contributed by atoms with van der Waals surface area (Å²) in [6, 6.07) is 7.51. The first-order valence-corrected chi connectivity index (χ1v) is 9.04. The molecule has 0 spiro atoms. The number of halogens is 1. The molecule has 0 amide bonds. The lowest BCUT2D eigenvalue weighted by Gasteiger charge is -2.36. The minimum Gasteiger partial charge on any atom is -0.387 e. The lowest BCUT2D eigenvalue weighted by molar-refractivity contribution is 0.0217. The van der Waals surface area contributed by atoms with Crippen molar-refractivity contribution in [1.82, 2.24) is 9.80 Å². The van der Waals surface area contributed by atoms with Crippen LogP contribution in [-0.2, 0) is 4.74 Å². The molecule has 2 heterocycles. The number of likely N-dealkylation sites (tertiary alicyclic amines) is 1. The highest BCUT2D eigenvalue weighted by Gasteiger charge is 2.23. The summed E-state index contributed by atoms with van der Waals surface area (Å²) < 4.78 is 5.41. The summed E-state index contributed by atoms with van der Waals surface area (Å²) in [4.78, 5) is 4.92. The molecule has 3 rings (SSSR count). The average molecular weight is 339 g/mol. The van der Waals surface area contributed by atoms with Crippen LogP contribution in [0.3, 0.4) is 0 Å². The zero-order valence-electron chi connectivity index (χ0n) is 13.7. The van der Waals surface area contributed by atoms with Gasteiger partial charge in [-0.15, -0.1) is 0 Å². The average Bonchev–Trinajstić information content (AvgIpc) is 2.58. The number of hydrogen-bond acceptors (Lipinski definition) is 4. The van der Waals surface area contributed by atoms with Crippen molar-refractivity contribution >= 4 is 11.6 Å². The van der Waals surface area contributed by atoms with Crippen LogP contribution in [0.2, 0.25) is 5.02 Å². The monoisotopic (exact) mass is 338 g/mol. The minimum atomic E-state index is -0.428. The highest BCUT2D eigenvalue weighted by Crippen LogP contribution is 2.22. The van der Waals surface area contributed by atoms with Crippen molar-refractivity contribution in [2.24, 2.45) is 5.92 Å². The summed E-state index contributed by atoms with van der Waals surface area (Å²) in [5.41, 5.74) is 0.949. The van der Waals surface area contributed by atoms with Crippen molar-refractivity contribution in [3.8, 4) is 0 Å². The molecule has 0 bridgehead atoms. The summed E-state index contributed by atoms with van der Waals surface area (Å²) in [6.07, 6.45) is 2.03. The van der Waals surface area contributed by atoms with Gasteiger partial charge in [0.05, 0.1) is 19.3 Å². The summed E-state index contributed by atoms with van der Waals surface area (Å²) in [5, 5.41) is 11.1. The zero-order chi connectivity index (χ0) is 16.1. The number of nitrogens with zero attached hydrogens (tertiary/aromatic N) is 2. The third-order valence-electron chi connectivity index (χ3n) is 5.01. The van der Waals surface area contributed by atoms with Gasteiger partial charge in [0, 0.05) is 31.2 Å². The number of rotatable bonds is 5. The van der Waals surface area contributed by atoms with E-state index < -0.39 is 6.10 Å². The van der Waals surface area contributed by atoms with Crippen molar-refractivity contribution in [3.05, 3.63) is 34.9 Å².